The number of alkyl halides is 2. The van der Waals surface area contributed by atoms with Gasteiger partial charge in [-0.3, -0.25) is 4.79 Å². The largest absolute Gasteiger partial charge is 0.378 e. The van der Waals surface area contributed by atoms with E-state index in [2.05, 4.69) is 25.6 Å². The first-order chi connectivity index (χ1) is 17.4. The topological polar surface area (TPSA) is 105 Å². The highest BCUT2D eigenvalue weighted by molar-refractivity contribution is 7.98. The summed E-state index contributed by atoms with van der Waals surface area (Å²) >= 11 is 3.15. The minimum atomic E-state index is -2.78. The van der Waals surface area contributed by atoms with Crippen molar-refractivity contribution in [2.75, 3.05) is 24.0 Å². The number of amides is 1. The van der Waals surface area contributed by atoms with Crippen LogP contribution < -0.4 is 10.6 Å². The summed E-state index contributed by atoms with van der Waals surface area (Å²) in [5.74, 6) is -0.343. The molecule has 36 heavy (non-hydrogen) atoms. The fourth-order valence-electron chi connectivity index (χ4n) is 3.74. The van der Waals surface area contributed by atoms with Crippen LogP contribution in [0.2, 0.25) is 0 Å². The molecule has 1 amide bonds. The highest BCUT2D eigenvalue weighted by Crippen LogP contribution is 2.37. The van der Waals surface area contributed by atoms with E-state index in [1.165, 1.54) is 0 Å². The number of halogens is 2. The first-order valence-corrected chi connectivity index (χ1v) is 13.3. The van der Waals surface area contributed by atoms with E-state index in [-0.39, 0.29) is 28.8 Å². The van der Waals surface area contributed by atoms with Crippen molar-refractivity contribution in [1.82, 2.24) is 19.9 Å². The van der Waals surface area contributed by atoms with E-state index in [1.54, 1.807) is 36.3 Å². The van der Waals surface area contributed by atoms with Crippen LogP contribution in [0.15, 0.2) is 29.2 Å². The van der Waals surface area contributed by atoms with Gasteiger partial charge in [0.15, 0.2) is 11.5 Å². The van der Waals surface area contributed by atoms with Crippen molar-refractivity contribution < 1.29 is 18.3 Å². The monoisotopic (exact) mass is 530 g/mol. The number of pyridine rings is 1. The SMILES string of the molecule is COCc1nc(-c2ccc(Nc3cc(NC(=O)C4CC4)nc4[nH]c(C(F)F)nc34)c(SC)c2)sc1C. The molecule has 3 heterocycles. The Morgan fingerprint density at radius 3 is 2.75 bits per heavy atom. The number of hydrogen-bond donors (Lipinski definition) is 3. The lowest BCUT2D eigenvalue weighted by Crippen LogP contribution is -2.14. The van der Waals surface area contributed by atoms with Gasteiger partial charge in [-0.1, -0.05) is 0 Å². The number of nitrogens with one attached hydrogen (secondary N) is 3. The summed E-state index contributed by atoms with van der Waals surface area (Å²) in [6.07, 6.45) is 0.865. The lowest BCUT2D eigenvalue weighted by molar-refractivity contribution is -0.117. The van der Waals surface area contributed by atoms with E-state index in [4.69, 9.17) is 9.72 Å². The molecule has 0 radical (unpaired) electrons. The third-order valence-electron chi connectivity index (χ3n) is 5.77. The Labute approximate surface area is 214 Å². The fraction of sp³-hybridized carbons (Fsp3) is 0.333. The van der Waals surface area contributed by atoms with E-state index in [9.17, 15) is 13.6 Å². The maximum atomic E-state index is 13.4. The Balaban J connectivity index is 1.50. The summed E-state index contributed by atoms with van der Waals surface area (Å²) < 4.78 is 32.0. The molecule has 1 fully saturated rings. The molecule has 1 aliphatic carbocycles. The summed E-state index contributed by atoms with van der Waals surface area (Å²) in [6, 6.07) is 7.53. The number of aromatic nitrogens is 4. The zero-order chi connectivity index (χ0) is 25.4. The molecule has 0 bridgehead atoms. The number of hydrogen-bond acceptors (Lipinski definition) is 8. The van der Waals surface area contributed by atoms with Crippen LogP contribution in [0.5, 0.6) is 0 Å². The zero-order valence-corrected chi connectivity index (χ0v) is 21.4. The molecule has 0 atom stereocenters. The van der Waals surface area contributed by atoms with Crippen LogP contribution in [0.4, 0.5) is 26.0 Å². The van der Waals surface area contributed by atoms with Crippen LogP contribution in [0.3, 0.4) is 0 Å². The van der Waals surface area contributed by atoms with Gasteiger partial charge in [-0.15, -0.1) is 23.1 Å². The quantitative estimate of drug-likeness (QED) is 0.219. The number of fused-ring (bicyclic) bond motifs is 1. The van der Waals surface area contributed by atoms with Gasteiger partial charge >= 0.3 is 0 Å². The molecule has 4 aromatic rings. The first kappa shape index (κ1) is 24.6. The molecule has 1 saturated carbocycles. The second kappa shape index (κ2) is 10.1. The number of H-pyrrole nitrogens is 1. The lowest BCUT2D eigenvalue weighted by Gasteiger charge is -2.13. The van der Waals surface area contributed by atoms with Crippen molar-refractivity contribution in [2.45, 2.75) is 37.7 Å². The standard InChI is InChI=1S/C24H24F2N6O2S2/c1-11-16(10-34-2)28-24(36-11)13-6-7-14(17(8-13)35-3)27-15-9-18(30-23(33)12-4-5-12)29-21-19(15)31-22(32-21)20(25)26/h6-9,12,20H,4-5,10H2,1-3H3,(H3,27,29,30,31,32,33). The summed E-state index contributed by atoms with van der Waals surface area (Å²) in [5, 5.41) is 7.00. The molecule has 1 aromatic carbocycles. The molecule has 0 spiro atoms. The average Bonchev–Trinajstić information content (AvgIpc) is 3.52. The van der Waals surface area contributed by atoms with Crippen molar-refractivity contribution in [1.29, 1.82) is 0 Å². The van der Waals surface area contributed by atoms with Gasteiger partial charge in [0, 0.05) is 34.4 Å². The maximum absolute atomic E-state index is 13.4. The predicted octanol–water partition coefficient (Wildman–Crippen LogP) is 6.29. The highest BCUT2D eigenvalue weighted by Gasteiger charge is 2.30. The molecule has 0 saturated heterocycles. The number of methoxy groups -OCH3 is 1. The number of aromatic amines is 1. The van der Waals surface area contributed by atoms with Gasteiger partial charge in [0.1, 0.15) is 16.3 Å². The molecule has 3 N–H and O–H groups in total. The Bertz CT molecular complexity index is 1430. The number of anilines is 3. The van der Waals surface area contributed by atoms with Gasteiger partial charge in [0.2, 0.25) is 5.91 Å². The van der Waals surface area contributed by atoms with Crippen molar-refractivity contribution in [3.05, 3.63) is 40.7 Å². The van der Waals surface area contributed by atoms with Crippen LogP contribution in [-0.2, 0) is 16.1 Å². The number of ether oxygens (including phenoxy) is 1. The van der Waals surface area contributed by atoms with Crippen molar-refractivity contribution >= 4 is 57.4 Å². The molecule has 0 unspecified atom stereocenters. The molecular formula is C24H24F2N6O2S2. The minimum absolute atomic E-state index is 0.0214. The van der Waals surface area contributed by atoms with Crippen molar-refractivity contribution in [2.24, 2.45) is 5.92 Å². The Morgan fingerprint density at radius 1 is 1.25 bits per heavy atom. The van der Waals surface area contributed by atoms with E-state index >= 15 is 0 Å². The zero-order valence-electron chi connectivity index (χ0n) is 19.8. The molecule has 188 valence electrons. The molecule has 8 nitrogen and oxygen atoms in total. The number of aryl methyl sites for hydroxylation is 1. The van der Waals surface area contributed by atoms with Gasteiger partial charge < -0.3 is 20.4 Å². The third-order valence-corrected chi connectivity index (χ3v) is 7.61. The molecule has 3 aromatic heterocycles. The average molecular weight is 531 g/mol. The lowest BCUT2D eigenvalue weighted by atomic mass is 10.2. The fourth-order valence-corrected chi connectivity index (χ4v) is 5.24. The normalized spacial score (nSPS) is 13.5. The number of carbonyl (C=O) groups is 1. The number of rotatable bonds is 9. The van der Waals surface area contributed by atoms with Gasteiger partial charge in [-0.2, -0.15) is 0 Å². The number of thiazole rings is 1. The van der Waals surface area contributed by atoms with Crippen LogP contribution in [0, 0.1) is 12.8 Å². The molecule has 5 rings (SSSR count). The predicted molar refractivity (Wildman–Crippen MR) is 138 cm³/mol. The summed E-state index contributed by atoms with van der Waals surface area (Å²) in [6.45, 7) is 2.48. The van der Waals surface area contributed by atoms with E-state index in [0.717, 1.165) is 44.6 Å². The van der Waals surface area contributed by atoms with E-state index in [0.29, 0.717) is 12.3 Å². The van der Waals surface area contributed by atoms with Crippen LogP contribution >= 0.6 is 23.1 Å². The maximum Gasteiger partial charge on any atom is 0.295 e. The van der Waals surface area contributed by atoms with E-state index in [1.807, 2.05) is 31.4 Å². The van der Waals surface area contributed by atoms with Crippen LogP contribution in [0.25, 0.3) is 21.7 Å². The first-order valence-electron chi connectivity index (χ1n) is 11.3. The second-order valence-corrected chi connectivity index (χ2v) is 10.5. The van der Waals surface area contributed by atoms with Crippen LogP contribution in [0.1, 0.15) is 35.7 Å². The Morgan fingerprint density at radius 2 is 2.06 bits per heavy atom. The number of carbonyl (C=O) groups excluding carboxylic acids is 1. The Kier molecular flexibility index (Phi) is 6.91. The highest BCUT2D eigenvalue weighted by atomic mass is 32.2. The molecule has 0 aliphatic heterocycles. The summed E-state index contributed by atoms with van der Waals surface area (Å²) in [5.41, 5.74) is 3.56. The molecule has 1 aliphatic rings. The van der Waals surface area contributed by atoms with Gasteiger partial charge in [-0.25, -0.2) is 23.7 Å². The van der Waals surface area contributed by atoms with Crippen LogP contribution in [-0.4, -0.2) is 39.2 Å². The van der Waals surface area contributed by atoms with Crippen molar-refractivity contribution in [3.8, 4) is 10.6 Å². The smallest absolute Gasteiger partial charge is 0.295 e. The van der Waals surface area contributed by atoms with Gasteiger partial charge in [0.25, 0.3) is 6.43 Å². The number of nitrogens with zero attached hydrogens (tertiary/aromatic N) is 3. The van der Waals surface area contributed by atoms with Crippen molar-refractivity contribution in [3.63, 3.8) is 0 Å². The number of imidazole rings is 1. The Hall–Kier alpha value is -3.09. The third kappa shape index (κ3) is 5.06. The van der Waals surface area contributed by atoms with Gasteiger partial charge in [0.05, 0.1) is 23.7 Å². The second-order valence-electron chi connectivity index (χ2n) is 8.43. The summed E-state index contributed by atoms with van der Waals surface area (Å²) in [4.78, 5) is 30.0. The number of thioether (sulfide) groups is 1. The van der Waals surface area contributed by atoms with Gasteiger partial charge in [-0.05, 0) is 44.2 Å². The molecular weight excluding hydrogens is 506 g/mol. The summed E-state index contributed by atoms with van der Waals surface area (Å²) in [7, 11) is 1.65. The minimum Gasteiger partial charge on any atom is -0.378 e. The van der Waals surface area contributed by atoms with E-state index < -0.39 is 12.2 Å². The number of benzene rings is 1. The molecule has 12 heteroatoms.